The van der Waals surface area contributed by atoms with Crippen molar-refractivity contribution in [3.8, 4) is 0 Å². The third-order valence-corrected chi connectivity index (χ3v) is 3.82. The Morgan fingerprint density at radius 3 is 2.95 bits per heavy atom. The Morgan fingerprint density at radius 2 is 2.21 bits per heavy atom. The normalized spacial score (nSPS) is 12.8. The molecule has 102 valence electrons. The summed E-state index contributed by atoms with van der Waals surface area (Å²) in [5.74, 6) is 0.528. The molecule has 1 amide bonds. The summed E-state index contributed by atoms with van der Waals surface area (Å²) >= 11 is 1.48. The lowest BCUT2D eigenvalue weighted by molar-refractivity contribution is -0.120. The van der Waals surface area contributed by atoms with E-state index in [-0.39, 0.29) is 11.2 Å². The molecule has 0 saturated heterocycles. The van der Waals surface area contributed by atoms with Gasteiger partial charge in [-0.25, -0.2) is 4.98 Å². The number of nitrogens with zero attached hydrogens (tertiary/aromatic N) is 2. The van der Waals surface area contributed by atoms with Gasteiger partial charge in [0.05, 0.1) is 17.0 Å². The van der Waals surface area contributed by atoms with Crippen molar-refractivity contribution in [3.63, 3.8) is 0 Å². The summed E-state index contributed by atoms with van der Waals surface area (Å²) in [4.78, 5) is 16.3. The van der Waals surface area contributed by atoms with E-state index in [0.717, 1.165) is 10.7 Å². The lowest BCUT2D eigenvalue weighted by atomic mass is 10.2. The molecule has 2 aromatic rings. The first-order chi connectivity index (χ1) is 9.08. The van der Waals surface area contributed by atoms with Crippen LogP contribution in [0.1, 0.15) is 20.8 Å². The fourth-order valence-electron chi connectivity index (χ4n) is 1.67. The molecule has 0 bridgehead atoms. The van der Waals surface area contributed by atoms with E-state index in [1.165, 1.54) is 11.8 Å². The average Bonchev–Trinajstić information content (AvgIpc) is 2.79. The number of pyridine rings is 1. The highest BCUT2D eigenvalue weighted by atomic mass is 32.2. The number of amides is 1. The van der Waals surface area contributed by atoms with Crippen LogP contribution < -0.4 is 5.32 Å². The predicted octanol–water partition coefficient (Wildman–Crippen LogP) is 2.59. The number of imidazole rings is 1. The minimum atomic E-state index is -0.149. The molecule has 0 aliphatic heterocycles. The van der Waals surface area contributed by atoms with E-state index in [1.54, 1.807) is 0 Å². The van der Waals surface area contributed by atoms with Crippen molar-refractivity contribution >= 4 is 23.2 Å². The van der Waals surface area contributed by atoms with Crippen molar-refractivity contribution in [1.29, 1.82) is 0 Å². The molecule has 0 spiro atoms. The summed E-state index contributed by atoms with van der Waals surface area (Å²) < 4.78 is 2.00. The second-order valence-corrected chi connectivity index (χ2v) is 6.24. The lowest BCUT2D eigenvalue weighted by Gasteiger charge is -2.12. The van der Waals surface area contributed by atoms with Gasteiger partial charge in [0, 0.05) is 12.7 Å². The summed E-state index contributed by atoms with van der Waals surface area (Å²) in [5.41, 5.74) is 1.04. The molecule has 2 aromatic heterocycles. The molecule has 1 atom stereocenters. The van der Waals surface area contributed by atoms with Gasteiger partial charge >= 0.3 is 0 Å². The maximum absolute atomic E-state index is 11.9. The van der Waals surface area contributed by atoms with Gasteiger partial charge in [0.15, 0.2) is 5.16 Å². The SMILES string of the molecule is CC(C)CNC(=O)C(C)Sc1ncc2ccccn12. The van der Waals surface area contributed by atoms with Crippen LogP contribution >= 0.6 is 11.8 Å². The second-order valence-electron chi connectivity index (χ2n) is 4.94. The number of rotatable bonds is 5. The predicted molar refractivity (Wildman–Crippen MR) is 78.4 cm³/mol. The minimum Gasteiger partial charge on any atom is -0.355 e. The Hall–Kier alpha value is -1.49. The van der Waals surface area contributed by atoms with Crippen molar-refractivity contribution in [2.75, 3.05) is 6.54 Å². The maximum atomic E-state index is 11.9. The summed E-state index contributed by atoms with van der Waals surface area (Å²) in [7, 11) is 0. The Labute approximate surface area is 117 Å². The largest absolute Gasteiger partial charge is 0.355 e. The topological polar surface area (TPSA) is 46.4 Å². The zero-order chi connectivity index (χ0) is 13.8. The third-order valence-electron chi connectivity index (χ3n) is 2.74. The van der Waals surface area contributed by atoms with Gasteiger partial charge in [0.25, 0.3) is 0 Å². The zero-order valence-electron chi connectivity index (χ0n) is 11.5. The zero-order valence-corrected chi connectivity index (χ0v) is 12.3. The molecule has 1 unspecified atom stereocenters. The molecule has 0 radical (unpaired) electrons. The number of fused-ring (bicyclic) bond motifs is 1. The molecule has 1 N–H and O–H groups in total. The standard InChI is InChI=1S/C14H19N3OS/c1-10(2)8-15-13(18)11(3)19-14-16-9-12-6-4-5-7-17(12)14/h4-7,9-11H,8H2,1-3H3,(H,15,18). The first-order valence-corrected chi connectivity index (χ1v) is 7.32. The van der Waals surface area contributed by atoms with E-state index in [2.05, 4.69) is 24.1 Å². The van der Waals surface area contributed by atoms with Gasteiger partial charge < -0.3 is 5.32 Å². The number of aromatic nitrogens is 2. The average molecular weight is 277 g/mol. The van der Waals surface area contributed by atoms with Crippen LogP contribution in [0.5, 0.6) is 0 Å². The fraction of sp³-hybridized carbons (Fsp3) is 0.429. The Morgan fingerprint density at radius 1 is 1.42 bits per heavy atom. The molecule has 2 heterocycles. The molecule has 0 fully saturated rings. The van der Waals surface area contributed by atoms with Gasteiger partial charge in [-0.05, 0) is 25.0 Å². The molecule has 19 heavy (non-hydrogen) atoms. The molecule has 5 heteroatoms. The van der Waals surface area contributed by atoms with Gasteiger partial charge in [-0.15, -0.1) is 0 Å². The number of hydrogen-bond donors (Lipinski definition) is 1. The summed E-state index contributed by atoms with van der Waals surface area (Å²) in [6.07, 6.45) is 3.78. The Kier molecular flexibility index (Phi) is 4.47. The van der Waals surface area contributed by atoms with Crippen molar-refractivity contribution in [2.45, 2.75) is 31.2 Å². The van der Waals surface area contributed by atoms with E-state index in [0.29, 0.717) is 12.5 Å². The van der Waals surface area contributed by atoms with Gasteiger partial charge in [-0.1, -0.05) is 31.7 Å². The number of carbonyl (C=O) groups excluding carboxylic acids is 1. The quantitative estimate of drug-likeness (QED) is 0.855. The molecular formula is C14H19N3OS. The molecule has 2 rings (SSSR count). The van der Waals surface area contributed by atoms with Crippen molar-refractivity contribution in [3.05, 3.63) is 30.6 Å². The van der Waals surface area contributed by atoms with Gasteiger partial charge in [0.1, 0.15) is 0 Å². The number of hydrogen-bond acceptors (Lipinski definition) is 3. The highest BCUT2D eigenvalue weighted by molar-refractivity contribution is 8.00. The molecule has 0 saturated carbocycles. The van der Waals surface area contributed by atoms with Crippen molar-refractivity contribution < 1.29 is 4.79 Å². The summed E-state index contributed by atoms with van der Waals surface area (Å²) in [5, 5.41) is 3.65. The van der Waals surface area contributed by atoms with E-state index in [9.17, 15) is 4.79 Å². The number of thioether (sulfide) groups is 1. The second kappa shape index (κ2) is 6.10. The van der Waals surface area contributed by atoms with E-state index < -0.39 is 0 Å². The molecule has 0 aliphatic carbocycles. The van der Waals surface area contributed by atoms with Crippen LogP contribution in [0, 0.1) is 5.92 Å². The van der Waals surface area contributed by atoms with Crippen LogP contribution in [0.25, 0.3) is 5.52 Å². The van der Waals surface area contributed by atoms with Crippen LogP contribution in [0.15, 0.2) is 35.7 Å². The van der Waals surface area contributed by atoms with Crippen molar-refractivity contribution in [2.24, 2.45) is 5.92 Å². The van der Waals surface area contributed by atoms with Gasteiger partial charge in [0.2, 0.25) is 5.91 Å². The monoisotopic (exact) mass is 277 g/mol. The van der Waals surface area contributed by atoms with E-state index in [4.69, 9.17) is 0 Å². The first kappa shape index (κ1) is 13.9. The lowest BCUT2D eigenvalue weighted by Crippen LogP contribution is -2.33. The molecular weight excluding hydrogens is 258 g/mol. The molecule has 0 aromatic carbocycles. The molecule has 0 aliphatic rings. The van der Waals surface area contributed by atoms with Crippen molar-refractivity contribution in [1.82, 2.24) is 14.7 Å². The summed E-state index contributed by atoms with van der Waals surface area (Å²) in [6, 6.07) is 5.94. The van der Waals surface area contributed by atoms with Crippen LogP contribution in [-0.4, -0.2) is 27.1 Å². The highest BCUT2D eigenvalue weighted by Crippen LogP contribution is 2.23. The van der Waals surface area contributed by atoms with E-state index in [1.807, 2.05) is 41.9 Å². The van der Waals surface area contributed by atoms with Gasteiger partial charge in [-0.2, -0.15) is 0 Å². The Balaban J connectivity index is 2.02. The fourth-order valence-corrected chi connectivity index (χ4v) is 2.57. The van der Waals surface area contributed by atoms with Crippen LogP contribution in [0.4, 0.5) is 0 Å². The number of nitrogens with one attached hydrogen (secondary N) is 1. The first-order valence-electron chi connectivity index (χ1n) is 6.44. The van der Waals surface area contributed by atoms with Crippen LogP contribution in [-0.2, 0) is 4.79 Å². The Bertz CT molecular complexity index is 565. The smallest absolute Gasteiger partial charge is 0.233 e. The van der Waals surface area contributed by atoms with Gasteiger partial charge in [-0.3, -0.25) is 9.20 Å². The highest BCUT2D eigenvalue weighted by Gasteiger charge is 2.16. The summed E-state index contributed by atoms with van der Waals surface area (Å²) in [6.45, 7) is 6.79. The third kappa shape index (κ3) is 3.50. The van der Waals surface area contributed by atoms with Crippen LogP contribution in [0.3, 0.4) is 0 Å². The van der Waals surface area contributed by atoms with Crippen LogP contribution in [0.2, 0.25) is 0 Å². The van der Waals surface area contributed by atoms with E-state index >= 15 is 0 Å². The molecule has 4 nitrogen and oxygen atoms in total. The maximum Gasteiger partial charge on any atom is 0.233 e. The number of carbonyl (C=O) groups is 1. The minimum absolute atomic E-state index is 0.0615.